The molecule has 3 aromatic heterocycles. The lowest BCUT2D eigenvalue weighted by Crippen LogP contribution is -2.48. The number of fused-ring (bicyclic) bond motifs is 3. The number of nitrogens with one attached hydrogen (secondary N) is 1. The first kappa shape index (κ1) is 27.9. The van der Waals surface area contributed by atoms with E-state index in [1.165, 1.54) is 23.3 Å². The number of halogens is 1. The van der Waals surface area contributed by atoms with Crippen molar-refractivity contribution in [1.29, 1.82) is 0 Å². The summed E-state index contributed by atoms with van der Waals surface area (Å²) in [5, 5.41) is 12.3. The average Bonchev–Trinajstić information content (AvgIpc) is 3.38. The van der Waals surface area contributed by atoms with Crippen LogP contribution in [0.25, 0.3) is 39.5 Å². The van der Waals surface area contributed by atoms with Gasteiger partial charge in [0.1, 0.15) is 6.67 Å². The van der Waals surface area contributed by atoms with Gasteiger partial charge in [0.05, 0.1) is 34.6 Å². The Kier molecular flexibility index (Phi) is 7.15. The molecule has 4 heterocycles. The molecule has 2 amide bonds. The number of carbonyl (C=O) groups is 2. The van der Waals surface area contributed by atoms with Crippen LogP contribution < -0.4 is 5.32 Å². The highest BCUT2D eigenvalue weighted by atomic mass is 19.1. The highest BCUT2D eigenvalue weighted by Crippen LogP contribution is 2.38. The number of benzene rings is 2. The standard InChI is InChI=1S/C33H34FN7O3/c1-38-28-14-23-9-12-40(19-25(17-34)36-33(43)44)32(42)26(23)16-27(28)37-31(38)29-15-24-5-2-4-22(6-3-11-39-13-10-35-20-39)30(24)41(29)18-21-7-8-21/h2-6,10,13-16,20-21,25,36H,7-9,11-12,17-19H2,1H3,(H,43,44). The second-order valence-electron chi connectivity index (χ2n) is 11.8. The number of carbonyl (C=O) groups excluding carboxylic acids is 1. The van der Waals surface area contributed by atoms with Gasteiger partial charge < -0.3 is 29.0 Å². The van der Waals surface area contributed by atoms with E-state index in [4.69, 9.17) is 10.1 Å². The quantitative estimate of drug-likeness (QED) is 0.233. The van der Waals surface area contributed by atoms with E-state index >= 15 is 0 Å². The second kappa shape index (κ2) is 11.3. The minimum Gasteiger partial charge on any atom is -0.465 e. The fourth-order valence-corrected chi connectivity index (χ4v) is 6.31. The lowest BCUT2D eigenvalue weighted by molar-refractivity contribution is 0.0714. The Labute approximate surface area is 253 Å². The number of para-hydroxylation sites is 1. The SMILES string of the molecule is Cn1c(-c2cc3cccc(C=CCn4ccnc4)c3n2CC2CC2)nc2cc3c(cc21)CCN(CC(CF)NC(=O)O)C3=O. The third-order valence-electron chi connectivity index (χ3n) is 8.72. The van der Waals surface area contributed by atoms with Crippen molar-refractivity contribution in [2.75, 3.05) is 19.8 Å². The molecular weight excluding hydrogens is 561 g/mol. The number of amides is 2. The largest absolute Gasteiger partial charge is 0.465 e. The summed E-state index contributed by atoms with van der Waals surface area (Å²) in [6.07, 6.45) is 11.6. The first-order valence-electron chi connectivity index (χ1n) is 15.0. The Hall–Kier alpha value is -4.93. The van der Waals surface area contributed by atoms with E-state index in [9.17, 15) is 14.0 Å². The molecule has 10 nitrogen and oxygen atoms in total. The number of aryl methyl sites for hydroxylation is 1. The average molecular weight is 596 g/mol. The number of allylic oxidation sites excluding steroid dienone is 1. The summed E-state index contributed by atoms with van der Waals surface area (Å²) in [5.74, 6) is 1.24. The van der Waals surface area contributed by atoms with E-state index in [0.29, 0.717) is 30.0 Å². The Morgan fingerprint density at radius 2 is 2.11 bits per heavy atom. The molecule has 226 valence electrons. The molecular formula is C33H34FN7O3. The minimum atomic E-state index is -1.31. The Bertz CT molecular complexity index is 1900. The molecule has 2 N–H and O–H groups in total. The van der Waals surface area contributed by atoms with Crippen LogP contribution in [0.15, 0.2) is 61.2 Å². The Balaban J connectivity index is 1.26. The normalized spacial score (nSPS) is 15.9. The number of nitrogens with zero attached hydrogens (tertiary/aromatic N) is 6. The third-order valence-corrected chi connectivity index (χ3v) is 8.72. The maximum Gasteiger partial charge on any atom is 0.405 e. The van der Waals surface area contributed by atoms with E-state index in [0.717, 1.165) is 46.6 Å². The molecule has 11 heteroatoms. The summed E-state index contributed by atoms with van der Waals surface area (Å²) >= 11 is 0. The molecule has 1 fully saturated rings. The molecule has 0 saturated heterocycles. The van der Waals surface area contributed by atoms with Gasteiger partial charge in [-0.2, -0.15) is 0 Å². The maximum absolute atomic E-state index is 13.5. The van der Waals surface area contributed by atoms with Crippen LogP contribution in [-0.4, -0.2) is 71.5 Å². The van der Waals surface area contributed by atoms with Crippen molar-refractivity contribution in [3.8, 4) is 11.5 Å². The van der Waals surface area contributed by atoms with Gasteiger partial charge in [0, 0.05) is 56.6 Å². The predicted octanol–water partition coefficient (Wildman–Crippen LogP) is 5.12. The zero-order valence-corrected chi connectivity index (χ0v) is 24.5. The number of rotatable bonds is 10. The number of aromatic nitrogens is 5. The van der Waals surface area contributed by atoms with Crippen molar-refractivity contribution >= 4 is 40.0 Å². The molecule has 1 unspecified atom stereocenters. The number of alkyl halides is 1. The lowest BCUT2D eigenvalue weighted by Gasteiger charge is -2.31. The summed E-state index contributed by atoms with van der Waals surface area (Å²) in [6.45, 7) is 1.14. The minimum absolute atomic E-state index is 0.0209. The molecule has 2 aromatic carbocycles. The van der Waals surface area contributed by atoms with Crippen LogP contribution in [0.1, 0.15) is 34.3 Å². The summed E-state index contributed by atoms with van der Waals surface area (Å²) in [6, 6.07) is 11.5. The Morgan fingerprint density at radius 3 is 2.86 bits per heavy atom. The number of imidazole rings is 2. The van der Waals surface area contributed by atoms with Crippen LogP contribution in [0.2, 0.25) is 0 Å². The highest BCUT2D eigenvalue weighted by molar-refractivity contribution is 6.01. The van der Waals surface area contributed by atoms with Gasteiger partial charge in [-0.15, -0.1) is 0 Å². The van der Waals surface area contributed by atoms with E-state index < -0.39 is 18.8 Å². The van der Waals surface area contributed by atoms with Gasteiger partial charge in [-0.3, -0.25) is 4.79 Å². The van der Waals surface area contributed by atoms with E-state index in [1.54, 1.807) is 6.20 Å². The topological polar surface area (TPSA) is 110 Å². The molecule has 1 atom stereocenters. The van der Waals surface area contributed by atoms with Gasteiger partial charge in [-0.1, -0.05) is 30.4 Å². The highest BCUT2D eigenvalue weighted by Gasteiger charge is 2.30. The number of carboxylic acid groups (broad SMARTS) is 1. The molecule has 0 spiro atoms. The molecule has 0 bridgehead atoms. The molecule has 5 aromatic rings. The first-order valence-corrected chi connectivity index (χ1v) is 15.0. The molecule has 1 saturated carbocycles. The fourth-order valence-electron chi connectivity index (χ4n) is 6.31. The van der Waals surface area contributed by atoms with Crippen LogP contribution in [0.5, 0.6) is 0 Å². The van der Waals surface area contributed by atoms with Crippen LogP contribution in [0.3, 0.4) is 0 Å². The van der Waals surface area contributed by atoms with Gasteiger partial charge in [-0.05, 0) is 54.5 Å². The van der Waals surface area contributed by atoms with Crippen molar-refractivity contribution in [1.82, 2.24) is 33.9 Å². The maximum atomic E-state index is 13.5. The van der Waals surface area contributed by atoms with Gasteiger partial charge in [0.25, 0.3) is 5.91 Å². The smallest absolute Gasteiger partial charge is 0.405 e. The molecule has 1 aliphatic carbocycles. The van der Waals surface area contributed by atoms with Gasteiger partial charge in [0.15, 0.2) is 5.82 Å². The van der Waals surface area contributed by atoms with Crippen LogP contribution in [0, 0.1) is 5.92 Å². The summed E-state index contributed by atoms with van der Waals surface area (Å²) in [7, 11) is 2.02. The molecule has 2 aliphatic rings. The van der Waals surface area contributed by atoms with E-state index in [-0.39, 0.29) is 12.5 Å². The van der Waals surface area contributed by atoms with Crippen molar-refractivity contribution in [2.24, 2.45) is 13.0 Å². The van der Waals surface area contributed by atoms with Crippen molar-refractivity contribution in [2.45, 2.75) is 38.4 Å². The number of hydrogen-bond donors (Lipinski definition) is 2. The van der Waals surface area contributed by atoms with Crippen molar-refractivity contribution in [3.05, 3.63) is 77.9 Å². The van der Waals surface area contributed by atoms with Crippen LogP contribution >= 0.6 is 0 Å². The van der Waals surface area contributed by atoms with Gasteiger partial charge >= 0.3 is 6.09 Å². The summed E-state index contributed by atoms with van der Waals surface area (Å²) in [5.41, 5.74) is 6.48. The van der Waals surface area contributed by atoms with Gasteiger partial charge in [-0.25, -0.2) is 19.2 Å². The molecule has 7 rings (SSSR count). The van der Waals surface area contributed by atoms with E-state index in [2.05, 4.69) is 55.9 Å². The first-order chi connectivity index (χ1) is 21.4. The second-order valence-corrected chi connectivity index (χ2v) is 11.8. The predicted molar refractivity (Wildman–Crippen MR) is 166 cm³/mol. The lowest BCUT2D eigenvalue weighted by atomic mass is 9.97. The molecule has 1 aliphatic heterocycles. The number of hydrogen-bond acceptors (Lipinski definition) is 4. The molecule has 44 heavy (non-hydrogen) atoms. The van der Waals surface area contributed by atoms with Gasteiger partial charge in [0.2, 0.25) is 0 Å². The summed E-state index contributed by atoms with van der Waals surface area (Å²) in [4.78, 5) is 35.2. The molecule has 0 radical (unpaired) electrons. The van der Waals surface area contributed by atoms with Crippen molar-refractivity contribution in [3.63, 3.8) is 0 Å². The summed E-state index contributed by atoms with van der Waals surface area (Å²) < 4.78 is 20.0. The zero-order valence-electron chi connectivity index (χ0n) is 24.5. The fraction of sp³-hybridized carbons (Fsp3) is 0.333. The van der Waals surface area contributed by atoms with Crippen molar-refractivity contribution < 1.29 is 19.1 Å². The Morgan fingerprint density at radius 1 is 1.25 bits per heavy atom. The monoisotopic (exact) mass is 595 g/mol. The zero-order chi connectivity index (χ0) is 30.4. The van der Waals surface area contributed by atoms with E-state index in [1.807, 2.05) is 36.3 Å². The van der Waals surface area contributed by atoms with Crippen LogP contribution in [-0.2, 0) is 26.6 Å². The van der Waals surface area contributed by atoms with Crippen LogP contribution in [0.4, 0.5) is 9.18 Å². The third kappa shape index (κ3) is 5.23.